The first-order chi connectivity index (χ1) is 13.2. The molecule has 1 unspecified atom stereocenters. The molecule has 0 radical (unpaired) electrons. The molecular weight excluding hydrogens is 461 g/mol. The predicted octanol–water partition coefficient (Wildman–Crippen LogP) is 4.15. The number of likely N-dealkylation sites (tertiary alicyclic amines) is 1. The van der Waals surface area contributed by atoms with Crippen molar-refractivity contribution < 1.29 is 0 Å². The van der Waals surface area contributed by atoms with Gasteiger partial charge < -0.3 is 10.2 Å². The zero-order chi connectivity index (χ0) is 18.6. The van der Waals surface area contributed by atoms with Gasteiger partial charge in [-0.05, 0) is 41.3 Å². The molecule has 1 fully saturated rings. The monoisotopic (exact) mass is 489 g/mol. The lowest BCUT2D eigenvalue weighted by Crippen LogP contribution is -2.40. The molecule has 1 aromatic heterocycles. The van der Waals surface area contributed by atoms with E-state index in [1.165, 1.54) is 21.9 Å². The lowest BCUT2D eigenvalue weighted by molar-refractivity contribution is 0.486. The second-order valence-corrected chi connectivity index (χ2v) is 7.23. The fraction of sp³-hybridized carbons (Fsp3) is 0.364. The van der Waals surface area contributed by atoms with Gasteiger partial charge in [0.25, 0.3) is 0 Å². The van der Waals surface area contributed by atoms with Crippen LogP contribution in [0, 0.1) is 0 Å². The summed E-state index contributed by atoms with van der Waals surface area (Å²) in [5, 5.41) is 10.3. The number of aromatic nitrogens is 2. The minimum absolute atomic E-state index is 0. The zero-order valence-electron chi connectivity index (χ0n) is 16.5. The van der Waals surface area contributed by atoms with Crippen LogP contribution in [-0.4, -0.2) is 40.3 Å². The number of aryl methyl sites for hydroxylation is 1. The second kappa shape index (κ2) is 9.41. The van der Waals surface area contributed by atoms with Crippen molar-refractivity contribution in [2.45, 2.75) is 25.8 Å². The molecular formula is C22H28IN5. The Balaban J connectivity index is 0.00000225. The summed E-state index contributed by atoms with van der Waals surface area (Å²) in [5.41, 5.74) is 2.57. The molecule has 1 aliphatic rings. The third kappa shape index (κ3) is 4.66. The number of aliphatic imine (C=N–C) groups is 1. The molecule has 1 aliphatic heterocycles. The van der Waals surface area contributed by atoms with Crippen LogP contribution in [0.1, 0.15) is 30.4 Å². The summed E-state index contributed by atoms with van der Waals surface area (Å²) in [5.74, 6) is 1.54. The van der Waals surface area contributed by atoms with Crippen molar-refractivity contribution in [3.05, 3.63) is 66.0 Å². The number of hydrogen-bond donors (Lipinski definition) is 1. The Bertz CT molecular complexity index is 949. The summed E-state index contributed by atoms with van der Waals surface area (Å²) >= 11 is 0. The van der Waals surface area contributed by atoms with Crippen LogP contribution >= 0.6 is 24.0 Å². The van der Waals surface area contributed by atoms with E-state index in [-0.39, 0.29) is 24.0 Å². The Morgan fingerprint density at radius 3 is 2.79 bits per heavy atom. The van der Waals surface area contributed by atoms with Crippen molar-refractivity contribution in [1.29, 1.82) is 0 Å². The highest BCUT2D eigenvalue weighted by Gasteiger charge is 2.26. The average Bonchev–Trinajstić information content (AvgIpc) is 3.34. The molecule has 1 atom stereocenters. The van der Waals surface area contributed by atoms with E-state index in [4.69, 9.17) is 4.99 Å². The molecule has 28 heavy (non-hydrogen) atoms. The van der Waals surface area contributed by atoms with Crippen LogP contribution in [0.5, 0.6) is 0 Å². The van der Waals surface area contributed by atoms with Crippen molar-refractivity contribution in [2.75, 3.05) is 19.6 Å². The highest BCUT2D eigenvalue weighted by Crippen LogP contribution is 2.26. The molecule has 0 saturated carbocycles. The molecule has 148 valence electrons. The van der Waals surface area contributed by atoms with Crippen molar-refractivity contribution in [2.24, 2.45) is 12.0 Å². The molecule has 0 spiro atoms. The number of fused-ring (bicyclic) bond motifs is 1. The van der Waals surface area contributed by atoms with Crippen LogP contribution in [0.3, 0.4) is 0 Å². The van der Waals surface area contributed by atoms with E-state index in [1.54, 1.807) is 0 Å². The van der Waals surface area contributed by atoms with E-state index in [0.717, 1.165) is 32.0 Å². The van der Waals surface area contributed by atoms with Gasteiger partial charge in [0, 0.05) is 38.8 Å². The van der Waals surface area contributed by atoms with Gasteiger partial charge in [-0.25, -0.2) is 4.99 Å². The molecule has 6 heteroatoms. The number of rotatable bonds is 4. The second-order valence-electron chi connectivity index (χ2n) is 7.23. The fourth-order valence-electron chi connectivity index (χ4n) is 3.80. The quantitative estimate of drug-likeness (QED) is 0.341. The van der Waals surface area contributed by atoms with Gasteiger partial charge in [-0.1, -0.05) is 36.4 Å². The Morgan fingerprint density at radius 1 is 1.21 bits per heavy atom. The molecule has 4 rings (SSSR count). The Kier molecular flexibility index (Phi) is 6.93. The summed E-state index contributed by atoms with van der Waals surface area (Å²) in [7, 11) is 1.98. The summed E-state index contributed by atoms with van der Waals surface area (Å²) in [6.45, 7) is 5.73. The SMILES string of the molecule is CCNC(=NCc1ccc2ccccc2c1)N1CCC(c2cnn(C)c2)C1.I. The largest absolute Gasteiger partial charge is 0.357 e. The molecule has 2 heterocycles. The molecule has 2 aromatic carbocycles. The van der Waals surface area contributed by atoms with E-state index < -0.39 is 0 Å². The standard InChI is InChI=1S/C22H27N5.HI/c1-3-23-22(27-11-10-20(16-27)21-14-25-26(2)15-21)24-13-17-8-9-18-6-4-5-7-19(18)12-17;/h4-9,12,14-15,20H,3,10-11,13,16H2,1-2H3,(H,23,24);1H. The number of hydrogen-bond acceptors (Lipinski definition) is 2. The van der Waals surface area contributed by atoms with Crippen molar-refractivity contribution in [1.82, 2.24) is 20.0 Å². The normalized spacial score (nSPS) is 17.0. The molecule has 0 aliphatic carbocycles. The molecule has 0 bridgehead atoms. The van der Waals surface area contributed by atoms with E-state index in [1.807, 2.05) is 17.9 Å². The molecule has 1 saturated heterocycles. The lowest BCUT2D eigenvalue weighted by atomic mass is 10.0. The van der Waals surface area contributed by atoms with Gasteiger partial charge in [-0.3, -0.25) is 4.68 Å². The van der Waals surface area contributed by atoms with E-state index in [2.05, 4.69) is 70.9 Å². The maximum atomic E-state index is 4.92. The fourth-order valence-corrected chi connectivity index (χ4v) is 3.80. The summed E-state index contributed by atoms with van der Waals surface area (Å²) in [4.78, 5) is 7.29. The smallest absolute Gasteiger partial charge is 0.194 e. The first-order valence-electron chi connectivity index (χ1n) is 9.72. The highest BCUT2D eigenvalue weighted by atomic mass is 127. The van der Waals surface area contributed by atoms with E-state index in [9.17, 15) is 0 Å². The minimum Gasteiger partial charge on any atom is -0.357 e. The predicted molar refractivity (Wildman–Crippen MR) is 126 cm³/mol. The summed E-state index contributed by atoms with van der Waals surface area (Å²) in [6.07, 6.45) is 5.27. The van der Waals surface area contributed by atoms with Gasteiger partial charge in [-0.2, -0.15) is 5.10 Å². The van der Waals surface area contributed by atoms with Gasteiger partial charge in [0.1, 0.15) is 0 Å². The van der Waals surface area contributed by atoms with Gasteiger partial charge in [0.15, 0.2) is 5.96 Å². The first-order valence-corrected chi connectivity index (χ1v) is 9.72. The Morgan fingerprint density at radius 2 is 2.04 bits per heavy atom. The number of guanidine groups is 1. The van der Waals surface area contributed by atoms with Gasteiger partial charge in [-0.15, -0.1) is 24.0 Å². The van der Waals surface area contributed by atoms with E-state index in [0.29, 0.717) is 12.5 Å². The Labute approximate surface area is 183 Å². The summed E-state index contributed by atoms with van der Waals surface area (Å²) in [6, 6.07) is 15.1. The van der Waals surface area contributed by atoms with Crippen molar-refractivity contribution >= 4 is 40.7 Å². The van der Waals surface area contributed by atoms with Crippen LogP contribution in [0.2, 0.25) is 0 Å². The molecule has 5 nitrogen and oxygen atoms in total. The maximum absolute atomic E-state index is 4.92. The number of halogens is 1. The van der Waals surface area contributed by atoms with Gasteiger partial charge in [0.05, 0.1) is 12.7 Å². The van der Waals surface area contributed by atoms with Crippen LogP contribution in [0.4, 0.5) is 0 Å². The molecule has 3 aromatic rings. The number of nitrogens with one attached hydrogen (secondary N) is 1. The van der Waals surface area contributed by atoms with Gasteiger partial charge >= 0.3 is 0 Å². The van der Waals surface area contributed by atoms with Crippen LogP contribution in [0.15, 0.2) is 59.9 Å². The third-order valence-corrected chi connectivity index (χ3v) is 5.24. The van der Waals surface area contributed by atoms with E-state index >= 15 is 0 Å². The van der Waals surface area contributed by atoms with Crippen LogP contribution in [-0.2, 0) is 13.6 Å². The summed E-state index contributed by atoms with van der Waals surface area (Å²) < 4.78 is 1.89. The highest BCUT2D eigenvalue weighted by molar-refractivity contribution is 14.0. The van der Waals surface area contributed by atoms with Crippen molar-refractivity contribution in [3.8, 4) is 0 Å². The number of nitrogens with zero attached hydrogens (tertiary/aromatic N) is 4. The third-order valence-electron chi connectivity index (χ3n) is 5.24. The van der Waals surface area contributed by atoms with Crippen LogP contribution < -0.4 is 5.32 Å². The maximum Gasteiger partial charge on any atom is 0.194 e. The topological polar surface area (TPSA) is 45.5 Å². The first kappa shape index (κ1) is 20.6. The Hall–Kier alpha value is -2.09. The van der Waals surface area contributed by atoms with Crippen molar-refractivity contribution in [3.63, 3.8) is 0 Å². The zero-order valence-corrected chi connectivity index (χ0v) is 18.8. The molecule has 1 N–H and O–H groups in total. The molecule has 0 amide bonds. The van der Waals surface area contributed by atoms with Crippen LogP contribution in [0.25, 0.3) is 10.8 Å². The minimum atomic E-state index is 0. The average molecular weight is 489 g/mol. The van der Waals surface area contributed by atoms with Gasteiger partial charge in [0.2, 0.25) is 0 Å². The number of benzene rings is 2. The lowest BCUT2D eigenvalue weighted by Gasteiger charge is -2.21.